The van der Waals surface area contributed by atoms with Gasteiger partial charge in [-0.05, 0) is 72.7 Å². The zero-order chi connectivity index (χ0) is 13.3. The average molecular weight is 264 g/mol. The van der Waals surface area contributed by atoms with E-state index in [0.717, 1.165) is 12.8 Å². The van der Waals surface area contributed by atoms with Crippen LogP contribution in [0.2, 0.25) is 0 Å². The first-order chi connectivity index (χ1) is 10.4. The quantitative estimate of drug-likeness (QED) is 0.428. The molecule has 0 N–H and O–H groups in total. The first kappa shape index (κ1) is 9.57. The molecule has 0 aromatic heterocycles. The fourth-order valence-corrected chi connectivity index (χ4v) is 5.29. The minimum Gasteiger partial charge on any atom is -0.0729 e. The van der Waals surface area contributed by atoms with Gasteiger partial charge >= 0.3 is 0 Å². The Hall–Kier alpha value is -2.34. The molecule has 0 saturated carbocycles. The first-order valence-electron chi connectivity index (χ1n) is 7.85. The molecule has 4 aliphatic rings. The van der Waals surface area contributed by atoms with Crippen molar-refractivity contribution in [3.8, 4) is 0 Å². The highest BCUT2D eigenvalue weighted by molar-refractivity contribution is 6.19. The molecule has 96 valence electrons. The minimum absolute atomic E-state index is 0.508. The van der Waals surface area contributed by atoms with Crippen LogP contribution in [0.3, 0.4) is 0 Å². The van der Waals surface area contributed by atoms with Crippen molar-refractivity contribution in [2.45, 2.75) is 18.8 Å². The van der Waals surface area contributed by atoms with Crippen molar-refractivity contribution < 1.29 is 0 Å². The van der Waals surface area contributed by atoms with Crippen LogP contribution in [-0.4, -0.2) is 0 Å². The third-order valence-electron chi connectivity index (χ3n) is 6.02. The predicted molar refractivity (Wildman–Crippen MR) is 87.0 cm³/mol. The van der Waals surface area contributed by atoms with Crippen LogP contribution in [-0.2, 0) is 12.8 Å². The Morgan fingerprint density at radius 3 is 2.43 bits per heavy atom. The van der Waals surface area contributed by atoms with E-state index in [0.29, 0.717) is 5.92 Å². The molecule has 3 aromatic rings. The maximum Gasteiger partial charge on any atom is 0.0223 e. The number of hydrogen-bond donors (Lipinski definition) is 0. The summed E-state index contributed by atoms with van der Waals surface area (Å²) in [5, 5.41) is 9.37. The summed E-state index contributed by atoms with van der Waals surface area (Å²) >= 11 is 0. The maximum atomic E-state index is 2.47. The fraction of sp³-hybridized carbons (Fsp3) is 0.143. The van der Waals surface area contributed by atoms with Crippen molar-refractivity contribution in [2.75, 3.05) is 0 Å². The van der Waals surface area contributed by atoms with E-state index in [1.807, 2.05) is 0 Å². The SMILES string of the molecule is C1=CC2C=c3ccc4c5c3c2c2c3c(ccc(c35)C4)CC=21. The lowest BCUT2D eigenvalue weighted by molar-refractivity contribution is 1.15. The van der Waals surface area contributed by atoms with Crippen molar-refractivity contribution in [3.63, 3.8) is 0 Å². The summed E-state index contributed by atoms with van der Waals surface area (Å²) < 4.78 is 0. The lowest BCUT2D eigenvalue weighted by Crippen LogP contribution is -2.16. The highest BCUT2D eigenvalue weighted by atomic mass is 14.3. The van der Waals surface area contributed by atoms with Gasteiger partial charge in [0, 0.05) is 5.92 Å². The van der Waals surface area contributed by atoms with Crippen LogP contribution in [0.5, 0.6) is 0 Å². The van der Waals surface area contributed by atoms with Gasteiger partial charge in [0.1, 0.15) is 0 Å². The Balaban J connectivity index is 2.03. The van der Waals surface area contributed by atoms with Gasteiger partial charge < -0.3 is 0 Å². The first-order valence-corrected chi connectivity index (χ1v) is 7.85. The topological polar surface area (TPSA) is 0 Å². The second kappa shape index (κ2) is 2.69. The lowest BCUT2D eigenvalue weighted by atomic mass is 9.88. The normalized spacial score (nSPS) is 21.5. The van der Waals surface area contributed by atoms with Gasteiger partial charge in [0.2, 0.25) is 0 Å². The molecule has 21 heavy (non-hydrogen) atoms. The van der Waals surface area contributed by atoms with Gasteiger partial charge in [-0.1, -0.05) is 42.5 Å². The molecule has 1 unspecified atom stereocenters. The van der Waals surface area contributed by atoms with Crippen LogP contribution in [0.15, 0.2) is 36.4 Å². The van der Waals surface area contributed by atoms with Crippen molar-refractivity contribution in [1.82, 2.24) is 0 Å². The van der Waals surface area contributed by atoms with E-state index in [1.54, 1.807) is 54.6 Å². The molecule has 0 heterocycles. The van der Waals surface area contributed by atoms with Gasteiger partial charge in [0.05, 0.1) is 0 Å². The predicted octanol–water partition coefficient (Wildman–Crippen LogP) is 3.05. The molecule has 7 rings (SSSR count). The Kier molecular flexibility index (Phi) is 1.23. The fourth-order valence-electron chi connectivity index (χ4n) is 5.29. The lowest BCUT2D eigenvalue weighted by Gasteiger charge is -2.14. The summed E-state index contributed by atoms with van der Waals surface area (Å²) in [4.78, 5) is 0. The van der Waals surface area contributed by atoms with Gasteiger partial charge in [-0.2, -0.15) is 0 Å². The molecular weight excluding hydrogens is 252 g/mol. The Morgan fingerprint density at radius 2 is 1.52 bits per heavy atom. The van der Waals surface area contributed by atoms with E-state index in [4.69, 9.17) is 0 Å². The van der Waals surface area contributed by atoms with Gasteiger partial charge in [0.15, 0.2) is 0 Å². The molecular formula is C21H12. The van der Waals surface area contributed by atoms with Gasteiger partial charge in [-0.15, -0.1) is 0 Å². The molecule has 0 nitrogen and oxygen atoms in total. The number of hydrogen-bond acceptors (Lipinski definition) is 0. The van der Waals surface area contributed by atoms with Gasteiger partial charge in [-0.3, -0.25) is 0 Å². The zero-order valence-corrected chi connectivity index (χ0v) is 11.5. The molecule has 3 aromatic carbocycles. The molecule has 0 radical (unpaired) electrons. The molecule has 0 bridgehead atoms. The molecule has 0 saturated heterocycles. The van der Waals surface area contributed by atoms with Gasteiger partial charge in [0.25, 0.3) is 0 Å². The number of rotatable bonds is 0. The van der Waals surface area contributed by atoms with Crippen molar-refractivity contribution in [3.05, 3.63) is 69.1 Å². The Bertz CT molecular complexity index is 1220. The molecule has 0 aliphatic heterocycles. The van der Waals surface area contributed by atoms with Crippen molar-refractivity contribution in [1.29, 1.82) is 0 Å². The summed E-state index contributed by atoms with van der Waals surface area (Å²) in [7, 11) is 0. The van der Waals surface area contributed by atoms with Crippen LogP contribution < -0.4 is 10.4 Å². The van der Waals surface area contributed by atoms with E-state index in [1.165, 1.54) is 5.22 Å². The minimum atomic E-state index is 0.508. The summed E-state index contributed by atoms with van der Waals surface area (Å²) in [6, 6.07) is 9.47. The molecule has 0 amide bonds. The summed E-state index contributed by atoms with van der Waals surface area (Å²) in [6.07, 6.45) is 9.52. The van der Waals surface area contributed by atoms with E-state index in [9.17, 15) is 0 Å². The highest BCUT2D eigenvalue weighted by Crippen LogP contribution is 2.45. The second-order valence-corrected chi connectivity index (χ2v) is 6.92. The molecule has 0 heteroatoms. The van der Waals surface area contributed by atoms with Crippen molar-refractivity contribution in [2.24, 2.45) is 0 Å². The van der Waals surface area contributed by atoms with E-state index in [-0.39, 0.29) is 0 Å². The van der Waals surface area contributed by atoms with E-state index >= 15 is 0 Å². The van der Waals surface area contributed by atoms with Crippen LogP contribution in [0.4, 0.5) is 0 Å². The monoisotopic (exact) mass is 264 g/mol. The number of allylic oxidation sites excluding steroid dienone is 2. The maximum absolute atomic E-state index is 2.47. The Labute approximate surface area is 121 Å². The van der Waals surface area contributed by atoms with Crippen LogP contribution in [0.1, 0.15) is 28.2 Å². The van der Waals surface area contributed by atoms with Crippen LogP contribution in [0.25, 0.3) is 33.2 Å². The number of benzene rings is 3. The third kappa shape index (κ3) is 0.820. The highest BCUT2D eigenvalue weighted by Gasteiger charge is 2.31. The van der Waals surface area contributed by atoms with E-state index in [2.05, 4.69) is 42.5 Å². The summed E-state index contributed by atoms with van der Waals surface area (Å²) in [6.45, 7) is 0. The van der Waals surface area contributed by atoms with Crippen molar-refractivity contribution >= 4 is 33.2 Å². The largest absolute Gasteiger partial charge is 0.0729 e. The Morgan fingerprint density at radius 1 is 0.762 bits per heavy atom. The van der Waals surface area contributed by atoms with Crippen LogP contribution in [0, 0.1) is 0 Å². The van der Waals surface area contributed by atoms with Gasteiger partial charge in [-0.25, -0.2) is 0 Å². The summed E-state index contributed by atoms with van der Waals surface area (Å²) in [5.74, 6) is 0.508. The standard InChI is InChI=1S/C21H12/c1-2-11-8-13-5-6-15-9-14-4-3-12-7-10(1)16-17(11)19(13)21(15)20(14)18(12)16/h1-7,10H,8-9H2. The second-order valence-electron chi connectivity index (χ2n) is 6.92. The molecule has 0 spiro atoms. The smallest absolute Gasteiger partial charge is 0.0223 e. The van der Waals surface area contributed by atoms with E-state index < -0.39 is 0 Å². The zero-order valence-electron chi connectivity index (χ0n) is 11.5. The van der Waals surface area contributed by atoms with Crippen LogP contribution >= 0.6 is 0 Å². The third-order valence-corrected chi connectivity index (χ3v) is 6.02. The molecule has 4 aliphatic carbocycles. The summed E-state index contributed by atoms with van der Waals surface area (Å²) in [5.41, 5.74) is 7.80. The average Bonchev–Trinajstić information content (AvgIpc) is 3.14. The molecule has 1 atom stereocenters. The molecule has 0 fully saturated rings.